The summed E-state index contributed by atoms with van der Waals surface area (Å²) in [5.41, 5.74) is 1.48. The number of ketones is 1. The van der Waals surface area contributed by atoms with Crippen molar-refractivity contribution in [2.24, 2.45) is 0 Å². The van der Waals surface area contributed by atoms with Gasteiger partial charge in [0.1, 0.15) is 5.54 Å². The van der Waals surface area contributed by atoms with Crippen LogP contribution in [0.15, 0.2) is 23.6 Å². The molecule has 1 aliphatic heterocycles. The van der Waals surface area contributed by atoms with Crippen LogP contribution in [0.25, 0.3) is 0 Å². The summed E-state index contributed by atoms with van der Waals surface area (Å²) in [5, 5.41) is 4.65. The summed E-state index contributed by atoms with van der Waals surface area (Å²) in [6.07, 6.45) is 0.906. The average molecular weight is 373 g/mol. The molecular formula is C19H23N3O3S. The fourth-order valence-electron chi connectivity index (χ4n) is 3.29. The van der Waals surface area contributed by atoms with Crippen LogP contribution in [0.4, 0.5) is 4.79 Å². The SMILES string of the molecule is Cc1cc(C(=O)CN2C(=O)NC(C)(C)C2=O)c(C)n1CCc1cccs1. The summed E-state index contributed by atoms with van der Waals surface area (Å²) >= 11 is 1.72. The highest BCUT2D eigenvalue weighted by Gasteiger charge is 2.45. The van der Waals surface area contributed by atoms with E-state index in [-0.39, 0.29) is 18.2 Å². The van der Waals surface area contributed by atoms with Crippen molar-refractivity contribution in [3.05, 3.63) is 45.4 Å². The first-order chi connectivity index (χ1) is 12.2. The summed E-state index contributed by atoms with van der Waals surface area (Å²) in [4.78, 5) is 39.3. The van der Waals surface area contributed by atoms with Crippen LogP contribution in [0.2, 0.25) is 0 Å². The maximum Gasteiger partial charge on any atom is 0.325 e. The molecule has 1 aliphatic rings. The monoisotopic (exact) mass is 373 g/mol. The van der Waals surface area contributed by atoms with E-state index in [4.69, 9.17) is 0 Å². The molecule has 3 amide bonds. The number of urea groups is 1. The highest BCUT2D eigenvalue weighted by Crippen LogP contribution is 2.21. The minimum Gasteiger partial charge on any atom is -0.348 e. The second-order valence-electron chi connectivity index (χ2n) is 7.14. The third-order valence-corrected chi connectivity index (χ3v) is 5.72. The van der Waals surface area contributed by atoms with Crippen molar-refractivity contribution in [1.82, 2.24) is 14.8 Å². The van der Waals surface area contributed by atoms with Crippen molar-refractivity contribution in [2.45, 2.75) is 46.2 Å². The van der Waals surface area contributed by atoms with Crippen LogP contribution in [0, 0.1) is 13.8 Å². The molecule has 6 nitrogen and oxygen atoms in total. The van der Waals surface area contributed by atoms with Crippen molar-refractivity contribution >= 4 is 29.1 Å². The molecule has 0 atom stereocenters. The van der Waals surface area contributed by atoms with Gasteiger partial charge in [-0.05, 0) is 51.6 Å². The molecule has 26 heavy (non-hydrogen) atoms. The van der Waals surface area contributed by atoms with Crippen LogP contribution >= 0.6 is 11.3 Å². The van der Waals surface area contributed by atoms with Gasteiger partial charge in [0, 0.05) is 28.4 Å². The Morgan fingerprint density at radius 2 is 2.00 bits per heavy atom. The summed E-state index contributed by atoms with van der Waals surface area (Å²) < 4.78 is 2.11. The zero-order valence-electron chi connectivity index (χ0n) is 15.5. The molecule has 0 spiro atoms. The maximum atomic E-state index is 12.7. The van der Waals surface area contributed by atoms with E-state index in [0.717, 1.165) is 29.3 Å². The number of thiophene rings is 1. The number of nitrogens with zero attached hydrogens (tertiary/aromatic N) is 2. The van der Waals surface area contributed by atoms with Gasteiger partial charge in [0.15, 0.2) is 5.78 Å². The van der Waals surface area contributed by atoms with Gasteiger partial charge in [-0.3, -0.25) is 14.5 Å². The summed E-state index contributed by atoms with van der Waals surface area (Å²) in [5.74, 6) is -0.593. The lowest BCUT2D eigenvalue weighted by atomic mass is 10.1. The van der Waals surface area contributed by atoms with E-state index in [9.17, 15) is 14.4 Å². The van der Waals surface area contributed by atoms with Gasteiger partial charge in [0.25, 0.3) is 5.91 Å². The first-order valence-electron chi connectivity index (χ1n) is 8.57. The van der Waals surface area contributed by atoms with Gasteiger partial charge in [0.05, 0.1) is 6.54 Å². The largest absolute Gasteiger partial charge is 0.348 e. The third kappa shape index (κ3) is 3.31. The Bertz CT molecular complexity index is 865. The lowest BCUT2D eigenvalue weighted by Crippen LogP contribution is -2.41. The van der Waals surface area contributed by atoms with E-state index in [1.54, 1.807) is 25.2 Å². The highest BCUT2D eigenvalue weighted by molar-refractivity contribution is 7.09. The second-order valence-corrected chi connectivity index (χ2v) is 8.17. The number of hydrogen-bond acceptors (Lipinski definition) is 4. The number of aromatic nitrogens is 1. The van der Waals surface area contributed by atoms with Crippen molar-refractivity contribution in [3.63, 3.8) is 0 Å². The number of imide groups is 1. The quantitative estimate of drug-likeness (QED) is 0.625. The molecular weight excluding hydrogens is 350 g/mol. The molecule has 1 N–H and O–H groups in total. The number of amides is 3. The minimum absolute atomic E-state index is 0.221. The molecule has 1 fully saturated rings. The molecule has 3 heterocycles. The van der Waals surface area contributed by atoms with E-state index >= 15 is 0 Å². The Hall–Kier alpha value is -2.41. The van der Waals surface area contributed by atoms with Crippen molar-refractivity contribution in [2.75, 3.05) is 6.54 Å². The fourth-order valence-corrected chi connectivity index (χ4v) is 3.99. The van der Waals surface area contributed by atoms with Gasteiger partial charge < -0.3 is 9.88 Å². The zero-order valence-corrected chi connectivity index (χ0v) is 16.3. The molecule has 0 bridgehead atoms. The van der Waals surface area contributed by atoms with Crippen LogP contribution < -0.4 is 5.32 Å². The minimum atomic E-state index is -0.963. The molecule has 3 rings (SSSR count). The Kier molecular flexibility index (Phi) is 4.75. The van der Waals surface area contributed by atoms with Gasteiger partial charge in [-0.2, -0.15) is 0 Å². The Morgan fingerprint density at radius 3 is 2.58 bits per heavy atom. The lowest BCUT2D eigenvalue weighted by Gasteiger charge is -2.15. The number of nitrogens with one attached hydrogen (secondary N) is 1. The van der Waals surface area contributed by atoms with Crippen LogP contribution in [-0.2, 0) is 17.8 Å². The van der Waals surface area contributed by atoms with Gasteiger partial charge in [0.2, 0.25) is 0 Å². The molecule has 0 saturated carbocycles. The van der Waals surface area contributed by atoms with E-state index in [1.807, 2.05) is 26.0 Å². The average Bonchev–Trinajstić information content (AvgIpc) is 3.22. The Labute approximate surface area is 156 Å². The number of aryl methyl sites for hydroxylation is 2. The number of carbonyl (C=O) groups excluding carboxylic acids is 3. The first-order valence-corrected chi connectivity index (χ1v) is 9.45. The molecule has 0 radical (unpaired) electrons. The van der Waals surface area contributed by atoms with Crippen molar-refractivity contribution < 1.29 is 14.4 Å². The van der Waals surface area contributed by atoms with E-state index in [0.29, 0.717) is 5.56 Å². The van der Waals surface area contributed by atoms with Crippen LogP contribution in [0.1, 0.15) is 40.5 Å². The van der Waals surface area contributed by atoms with E-state index in [1.165, 1.54) is 4.88 Å². The lowest BCUT2D eigenvalue weighted by molar-refractivity contribution is -0.129. The maximum absolute atomic E-state index is 12.7. The summed E-state index contributed by atoms with van der Waals surface area (Å²) in [6.45, 7) is 7.70. The fraction of sp³-hybridized carbons (Fsp3) is 0.421. The first kappa shape index (κ1) is 18.4. The van der Waals surface area contributed by atoms with Gasteiger partial charge in [-0.25, -0.2) is 4.79 Å². The molecule has 0 aromatic carbocycles. The number of carbonyl (C=O) groups is 3. The molecule has 7 heteroatoms. The predicted molar refractivity (Wildman–Crippen MR) is 101 cm³/mol. The third-order valence-electron chi connectivity index (χ3n) is 4.78. The van der Waals surface area contributed by atoms with Crippen LogP contribution in [0.3, 0.4) is 0 Å². The summed E-state index contributed by atoms with van der Waals surface area (Å²) in [6, 6.07) is 5.46. The van der Waals surface area contributed by atoms with Crippen molar-refractivity contribution in [3.8, 4) is 0 Å². The van der Waals surface area contributed by atoms with Crippen LogP contribution in [-0.4, -0.2) is 39.3 Å². The Morgan fingerprint density at radius 1 is 1.27 bits per heavy atom. The molecule has 0 aliphatic carbocycles. The molecule has 2 aromatic rings. The highest BCUT2D eigenvalue weighted by atomic mass is 32.1. The number of hydrogen-bond donors (Lipinski definition) is 1. The molecule has 2 aromatic heterocycles. The topological polar surface area (TPSA) is 71.4 Å². The molecule has 138 valence electrons. The smallest absolute Gasteiger partial charge is 0.325 e. The predicted octanol–water partition coefficient (Wildman–Crippen LogP) is 2.92. The van der Waals surface area contributed by atoms with E-state index < -0.39 is 11.6 Å². The van der Waals surface area contributed by atoms with Crippen molar-refractivity contribution in [1.29, 1.82) is 0 Å². The van der Waals surface area contributed by atoms with E-state index in [2.05, 4.69) is 21.3 Å². The molecule has 1 saturated heterocycles. The normalized spacial score (nSPS) is 16.2. The molecule has 0 unspecified atom stereocenters. The zero-order chi connectivity index (χ0) is 19.1. The van der Waals surface area contributed by atoms with Crippen LogP contribution in [0.5, 0.6) is 0 Å². The Balaban J connectivity index is 1.75. The van der Waals surface area contributed by atoms with Gasteiger partial charge in [-0.1, -0.05) is 6.07 Å². The standard InChI is InChI=1S/C19H23N3O3S/c1-12-10-15(13(2)21(12)8-7-14-6-5-9-26-14)16(23)11-22-17(24)19(3,4)20-18(22)25/h5-6,9-10H,7-8,11H2,1-4H3,(H,20,25). The number of Topliss-reactive ketones (excluding diaryl/α,β-unsaturated/α-hetero) is 1. The van der Waals surface area contributed by atoms with Gasteiger partial charge >= 0.3 is 6.03 Å². The second kappa shape index (κ2) is 6.72. The van der Waals surface area contributed by atoms with Gasteiger partial charge in [-0.15, -0.1) is 11.3 Å². The summed E-state index contributed by atoms with van der Waals surface area (Å²) in [7, 11) is 0. The number of rotatable bonds is 6.